The van der Waals surface area contributed by atoms with Crippen molar-refractivity contribution in [2.75, 3.05) is 12.2 Å². The van der Waals surface area contributed by atoms with Crippen LogP contribution in [0.4, 0.5) is 10.1 Å². The molecule has 0 atom stereocenters. The zero-order valence-electron chi connectivity index (χ0n) is 14.2. The Labute approximate surface area is 147 Å². The molecule has 0 saturated heterocycles. The fourth-order valence-electron chi connectivity index (χ4n) is 2.51. The summed E-state index contributed by atoms with van der Waals surface area (Å²) in [7, 11) is 0. The second-order valence-corrected chi connectivity index (χ2v) is 5.88. The van der Waals surface area contributed by atoms with Gasteiger partial charge in [-0.25, -0.2) is 4.39 Å². The lowest BCUT2D eigenvalue weighted by Crippen LogP contribution is -2.14. The molecule has 0 bridgehead atoms. The minimum Gasteiger partial charge on any atom is -0.489 e. The third-order valence-corrected chi connectivity index (χ3v) is 4.06. The third kappa shape index (κ3) is 4.68. The number of ether oxygens (including phenoxy) is 2. The molecule has 0 spiro atoms. The van der Waals surface area contributed by atoms with Crippen LogP contribution in [0.25, 0.3) is 0 Å². The van der Waals surface area contributed by atoms with Gasteiger partial charge in [-0.05, 0) is 61.3 Å². The molecular weight excluding hydrogens is 325 g/mol. The van der Waals surface area contributed by atoms with Crippen molar-refractivity contribution in [3.8, 4) is 5.75 Å². The van der Waals surface area contributed by atoms with E-state index in [2.05, 4.69) is 36.0 Å². The molecule has 0 aliphatic carbocycles. The van der Waals surface area contributed by atoms with Gasteiger partial charge >= 0.3 is 0 Å². The number of rotatable bonds is 6. The monoisotopic (exact) mass is 347 g/mol. The van der Waals surface area contributed by atoms with Gasteiger partial charge in [0.25, 0.3) is 5.17 Å². The number of anilines is 1. The van der Waals surface area contributed by atoms with Crippen LogP contribution in [0.3, 0.4) is 0 Å². The molecule has 0 heterocycles. The Morgan fingerprint density at radius 2 is 1.88 bits per heavy atom. The van der Waals surface area contributed by atoms with Gasteiger partial charge in [0.1, 0.15) is 12.4 Å². The highest BCUT2D eigenvalue weighted by Gasteiger charge is 2.08. The number of alkyl halides is 1. The van der Waals surface area contributed by atoms with Crippen molar-refractivity contribution in [1.82, 2.24) is 0 Å². The summed E-state index contributed by atoms with van der Waals surface area (Å²) in [6, 6.07) is 11.8. The quantitative estimate of drug-likeness (QED) is 0.738. The van der Waals surface area contributed by atoms with Gasteiger partial charge in [-0.3, -0.25) is 0 Å². The molecule has 5 heteroatoms. The third-order valence-electron chi connectivity index (χ3n) is 3.84. The number of thiocarbonyl (C=S) groups is 1. The second kappa shape index (κ2) is 8.64. The summed E-state index contributed by atoms with van der Waals surface area (Å²) >= 11 is 4.92. The second-order valence-electron chi connectivity index (χ2n) is 5.51. The molecule has 1 N–H and O–H groups in total. The van der Waals surface area contributed by atoms with Crippen molar-refractivity contribution in [3.63, 3.8) is 0 Å². The highest BCUT2D eigenvalue weighted by molar-refractivity contribution is 7.80. The van der Waals surface area contributed by atoms with Crippen LogP contribution < -0.4 is 10.1 Å². The van der Waals surface area contributed by atoms with Gasteiger partial charge in [-0.1, -0.05) is 31.2 Å². The number of hydrogen-bond acceptors (Lipinski definition) is 3. The molecular formula is C19H22FNO2S. The Balaban J connectivity index is 2.12. The molecule has 0 aliphatic rings. The van der Waals surface area contributed by atoms with Gasteiger partial charge in [0.15, 0.2) is 0 Å². The van der Waals surface area contributed by atoms with E-state index in [4.69, 9.17) is 17.0 Å². The van der Waals surface area contributed by atoms with E-state index >= 15 is 0 Å². The van der Waals surface area contributed by atoms with E-state index in [9.17, 15) is 4.39 Å². The van der Waals surface area contributed by atoms with Crippen molar-refractivity contribution in [2.45, 2.75) is 33.8 Å². The van der Waals surface area contributed by atoms with E-state index in [1.165, 1.54) is 11.1 Å². The fourth-order valence-corrected chi connectivity index (χ4v) is 2.66. The minimum atomic E-state index is -0.952. The number of aryl methyl sites for hydroxylation is 3. The van der Waals surface area contributed by atoms with Crippen molar-refractivity contribution in [1.29, 1.82) is 0 Å². The lowest BCUT2D eigenvalue weighted by atomic mass is 10.0. The Kier molecular flexibility index (Phi) is 6.55. The van der Waals surface area contributed by atoms with Crippen LogP contribution in [0.2, 0.25) is 0 Å². The average Bonchev–Trinajstić information content (AvgIpc) is 2.56. The first kappa shape index (κ1) is 18.2. The van der Waals surface area contributed by atoms with Gasteiger partial charge in [0.2, 0.25) is 6.86 Å². The van der Waals surface area contributed by atoms with Crippen LogP contribution >= 0.6 is 12.2 Å². The molecule has 0 amide bonds. The topological polar surface area (TPSA) is 30.5 Å². The molecule has 0 unspecified atom stereocenters. The summed E-state index contributed by atoms with van der Waals surface area (Å²) in [6.45, 7) is 5.71. The van der Waals surface area contributed by atoms with E-state index in [-0.39, 0.29) is 5.17 Å². The molecule has 0 saturated carbocycles. The van der Waals surface area contributed by atoms with Gasteiger partial charge in [-0.15, -0.1) is 0 Å². The first-order valence-electron chi connectivity index (χ1n) is 7.85. The average molecular weight is 347 g/mol. The lowest BCUT2D eigenvalue weighted by molar-refractivity contribution is 0.184. The van der Waals surface area contributed by atoms with Crippen LogP contribution in [0.15, 0.2) is 36.4 Å². The van der Waals surface area contributed by atoms with E-state index < -0.39 is 6.86 Å². The molecule has 2 aromatic rings. The van der Waals surface area contributed by atoms with E-state index in [1.54, 1.807) is 0 Å². The number of hydrogen-bond donors (Lipinski definition) is 1. The molecule has 0 aromatic heterocycles. The largest absolute Gasteiger partial charge is 0.489 e. The summed E-state index contributed by atoms with van der Waals surface area (Å²) in [6.07, 6.45) is 1.01. The molecule has 3 nitrogen and oxygen atoms in total. The van der Waals surface area contributed by atoms with Gasteiger partial charge in [-0.2, -0.15) is 0 Å². The molecule has 2 rings (SSSR count). The summed E-state index contributed by atoms with van der Waals surface area (Å²) in [5.74, 6) is 0.863. The highest BCUT2D eigenvalue weighted by atomic mass is 32.1. The summed E-state index contributed by atoms with van der Waals surface area (Å²) in [5, 5.41) is 2.89. The Morgan fingerprint density at radius 1 is 1.12 bits per heavy atom. The smallest absolute Gasteiger partial charge is 0.263 e. The summed E-state index contributed by atoms with van der Waals surface area (Å²) < 4.78 is 22.8. The minimum absolute atomic E-state index is 0.00396. The molecule has 0 aliphatic heterocycles. The predicted molar refractivity (Wildman–Crippen MR) is 99.3 cm³/mol. The summed E-state index contributed by atoms with van der Waals surface area (Å²) in [4.78, 5) is 0. The van der Waals surface area contributed by atoms with Crippen molar-refractivity contribution in [2.24, 2.45) is 0 Å². The molecule has 2 aromatic carbocycles. The Hall–Kier alpha value is -2.14. The maximum atomic E-state index is 12.2. The Bertz CT molecular complexity index is 719. The van der Waals surface area contributed by atoms with E-state index in [1.807, 2.05) is 31.2 Å². The standard InChI is InChI=1S/C19H22FNO2S/c1-4-15-9-14(3)18(10-13(15)2)22-11-16-7-5-6-8-17(16)21-19(24)23-12-20/h5-10H,4,11-12H2,1-3H3,(H,21,24). The number of benzene rings is 2. The zero-order chi connectivity index (χ0) is 17.5. The van der Waals surface area contributed by atoms with Crippen LogP contribution in [0.5, 0.6) is 5.75 Å². The van der Waals surface area contributed by atoms with Gasteiger partial charge < -0.3 is 14.8 Å². The zero-order valence-corrected chi connectivity index (χ0v) is 15.0. The van der Waals surface area contributed by atoms with Crippen LogP contribution in [0, 0.1) is 13.8 Å². The van der Waals surface area contributed by atoms with E-state index in [0.29, 0.717) is 6.61 Å². The number of nitrogens with one attached hydrogen (secondary N) is 1. The number of para-hydroxylation sites is 1. The Morgan fingerprint density at radius 3 is 2.58 bits per heavy atom. The first-order valence-corrected chi connectivity index (χ1v) is 8.26. The van der Waals surface area contributed by atoms with Gasteiger partial charge in [0.05, 0.1) is 0 Å². The SMILES string of the molecule is CCc1cc(C)c(OCc2ccccc2NC(=S)OCF)cc1C. The maximum Gasteiger partial charge on any atom is 0.263 e. The normalized spacial score (nSPS) is 10.3. The predicted octanol–water partition coefficient (Wildman–Crippen LogP) is 5.09. The van der Waals surface area contributed by atoms with Crippen LogP contribution in [-0.4, -0.2) is 12.0 Å². The molecule has 0 radical (unpaired) electrons. The number of halogens is 1. The van der Waals surface area contributed by atoms with Crippen LogP contribution in [-0.2, 0) is 17.8 Å². The van der Waals surface area contributed by atoms with Crippen molar-refractivity contribution in [3.05, 3.63) is 58.7 Å². The summed E-state index contributed by atoms with van der Waals surface area (Å²) in [5.41, 5.74) is 5.33. The van der Waals surface area contributed by atoms with Crippen molar-refractivity contribution >= 4 is 23.1 Å². The fraction of sp³-hybridized carbons (Fsp3) is 0.316. The lowest BCUT2D eigenvalue weighted by Gasteiger charge is -2.15. The molecule has 0 fully saturated rings. The maximum absolute atomic E-state index is 12.2. The van der Waals surface area contributed by atoms with Gasteiger partial charge in [0, 0.05) is 11.3 Å². The first-order chi connectivity index (χ1) is 11.5. The molecule has 128 valence electrons. The molecule has 24 heavy (non-hydrogen) atoms. The van der Waals surface area contributed by atoms with Crippen LogP contribution in [0.1, 0.15) is 29.2 Å². The van der Waals surface area contributed by atoms with Crippen molar-refractivity contribution < 1.29 is 13.9 Å². The van der Waals surface area contributed by atoms with E-state index in [0.717, 1.165) is 29.0 Å². The highest BCUT2D eigenvalue weighted by Crippen LogP contribution is 2.25.